The van der Waals surface area contributed by atoms with Crippen molar-refractivity contribution < 1.29 is 56.0 Å². The number of phenolic OH excluding ortho intramolecular Hbond substituents is 1. The van der Waals surface area contributed by atoms with Crippen molar-refractivity contribution in [2.45, 2.75) is 9.79 Å². The van der Waals surface area contributed by atoms with Crippen LogP contribution in [-0.4, -0.2) is 68.1 Å². The number of phenols is 1. The second-order valence-electron chi connectivity index (χ2n) is 7.72. The van der Waals surface area contributed by atoms with Crippen LogP contribution in [0.2, 0.25) is 0 Å². The Morgan fingerprint density at radius 2 is 1.46 bits per heavy atom. The highest BCUT2D eigenvalue weighted by Crippen LogP contribution is 2.37. The number of aromatic hydroxyl groups is 2. The quantitative estimate of drug-likeness (QED) is 0.136. The lowest BCUT2D eigenvalue weighted by Gasteiger charge is -2.08. The van der Waals surface area contributed by atoms with E-state index in [0.29, 0.717) is 10.7 Å². The Morgan fingerprint density at radius 1 is 0.795 bits per heavy atom. The minimum Gasteiger partial charge on any atom is -0.507 e. The van der Waals surface area contributed by atoms with Gasteiger partial charge in [-0.3, -0.25) is 9.11 Å². The predicted octanol–water partition coefficient (Wildman–Crippen LogP) is 2.74. The van der Waals surface area contributed by atoms with E-state index < -0.39 is 76.2 Å². The number of nitrogens with zero attached hydrogens (tertiary/aromatic N) is 4. The van der Waals surface area contributed by atoms with Crippen LogP contribution in [0.25, 0.3) is 16.5 Å². The summed E-state index contributed by atoms with van der Waals surface area (Å²) in [6, 6.07) is 7.92. The fourth-order valence-electron chi connectivity index (χ4n) is 3.44. The van der Waals surface area contributed by atoms with Gasteiger partial charge in [0.15, 0.2) is 5.69 Å². The summed E-state index contributed by atoms with van der Waals surface area (Å²) in [7, 11) is -9.38. The summed E-state index contributed by atoms with van der Waals surface area (Å²) in [5.41, 5.74) is -2.74. The van der Waals surface area contributed by atoms with Crippen molar-refractivity contribution >= 4 is 54.3 Å². The van der Waals surface area contributed by atoms with Gasteiger partial charge in [0.2, 0.25) is 11.6 Å². The van der Waals surface area contributed by atoms with E-state index in [-0.39, 0.29) is 16.5 Å². The van der Waals surface area contributed by atoms with Crippen LogP contribution in [-0.2, 0) is 20.2 Å². The molecular formula is C21H14N4O12S2. The third-order valence-electron chi connectivity index (χ3n) is 5.23. The molecule has 0 aliphatic carbocycles. The monoisotopic (exact) mass is 578 g/mol. The molecule has 202 valence electrons. The first-order chi connectivity index (χ1) is 18.1. The lowest BCUT2D eigenvalue weighted by molar-refractivity contribution is 0.0682. The van der Waals surface area contributed by atoms with Crippen molar-refractivity contribution in [3.8, 4) is 17.3 Å². The Kier molecular flexibility index (Phi) is 6.57. The second-order valence-corrected chi connectivity index (χ2v) is 10.6. The third-order valence-corrected chi connectivity index (χ3v) is 6.91. The fourth-order valence-corrected chi connectivity index (χ4v) is 4.48. The van der Waals surface area contributed by atoms with E-state index in [1.807, 2.05) is 0 Å². The molecule has 6 N–H and O–H groups in total. The van der Waals surface area contributed by atoms with Gasteiger partial charge in [0, 0.05) is 11.5 Å². The standard InChI is InChI=1S/C21H14N4O12S2/c26-16-8-12(39(35,36)37)5-9-1-2-10(6-13(9)16)25-19(27)17(18(24-25)21(30)31)23-22-15-4-3-11(38(32,33)34)7-14(15)20(28)29/h1-8,26-27H,(H,28,29)(H,30,31)(H,32,33,34)(H,35,36,37)/b23-22+. The Hall–Kier alpha value is -4.91. The van der Waals surface area contributed by atoms with Crippen LogP contribution < -0.4 is 0 Å². The van der Waals surface area contributed by atoms with Gasteiger partial charge in [-0.1, -0.05) is 6.07 Å². The summed E-state index contributed by atoms with van der Waals surface area (Å²) in [4.78, 5) is 22.0. The molecule has 39 heavy (non-hydrogen) atoms. The molecule has 16 nitrogen and oxygen atoms in total. The number of azo groups is 1. The zero-order valence-electron chi connectivity index (χ0n) is 18.9. The molecule has 0 bridgehead atoms. The summed E-state index contributed by atoms with van der Waals surface area (Å²) in [6.45, 7) is 0. The Balaban J connectivity index is 1.83. The van der Waals surface area contributed by atoms with Crippen molar-refractivity contribution in [1.29, 1.82) is 0 Å². The molecule has 0 unspecified atom stereocenters. The van der Waals surface area contributed by atoms with Gasteiger partial charge in [0.05, 0.1) is 21.0 Å². The topological polar surface area (TPSA) is 266 Å². The summed E-state index contributed by atoms with van der Waals surface area (Å²) in [6.07, 6.45) is 0. The van der Waals surface area contributed by atoms with E-state index in [1.165, 1.54) is 18.2 Å². The van der Waals surface area contributed by atoms with E-state index in [4.69, 9.17) is 4.55 Å². The zero-order chi connectivity index (χ0) is 28.9. The average molecular weight is 578 g/mol. The van der Waals surface area contributed by atoms with Crippen LogP contribution in [0.15, 0.2) is 68.6 Å². The number of fused-ring (bicyclic) bond motifs is 1. The highest BCUT2D eigenvalue weighted by atomic mass is 32.2. The molecular weight excluding hydrogens is 564 g/mol. The SMILES string of the molecule is O=C(O)c1cc(S(=O)(=O)O)ccc1/N=N/c1c(C(=O)O)nn(-c2ccc3cc(S(=O)(=O)O)cc(O)c3c2)c1O. The normalized spacial score (nSPS) is 12.3. The first-order valence-electron chi connectivity index (χ1n) is 10.1. The molecule has 0 aliphatic rings. The number of carboxylic acids is 2. The molecule has 1 heterocycles. The number of benzene rings is 3. The van der Waals surface area contributed by atoms with Gasteiger partial charge in [-0.25, -0.2) is 9.59 Å². The third kappa shape index (κ3) is 5.25. The summed E-state index contributed by atoms with van der Waals surface area (Å²) in [5.74, 6) is -4.77. The highest BCUT2D eigenvalue weighted by molar-refractivity contribution is 7.86. The van der Waals surface area contributed by atoms with E-state index >= 15 is 0 Å². The summed E-state index contributed by atoms with van der Waals surface area (Å²) >= 11 is 0. The molecule has 0 radical (unpaired) electrons. The average Bonchev–Trinajstić information content (AvgIpc) is 3.17. The fraction of sp³-hybridized carbons (Fsp3) is 0. The minimum atomic E-state index is -4.75. The summed E-state index contributed by atoms with van der Waals surface area (Å²) < 4.78 is 64.5. The smallest absolute Gasteiger partial charge is 0.358 e. The number of hydrogen-bond donors (Lipinski definition) is 6. The minimum absolute atomic E-state index is 0.0254. The van der Waals surface area contributed by atoms with Crippen LogP contribution in [0.1, 0.15) is 20.8 Å². The van der Waals surface area contributed by atoms with Crippen LogP contribution >= 0.6 is 0 Å². The van der Waals surface area contributed by atoms with Crippen LogP contribution in [0.3, 0.4) is 0 Å². The maximum atomic E-state index is 11.8. The molecule has 1 aromatic heterocycles. The first kappa shape index (κ1) is 27.1. The molecule has 0 aliphatic heterocycles. The Morgan fingerprint density at radius 3 is 2.05 bits per heavy atom. The Labute approximate surface area is 217 Å². The molecule has 3 aromatic carbocycles. The van der Waals surface area contributed by atoms with E-state index in [9.17, 15) is 51.4 Å². The number of aromatic nitrogens is 2. The second kappa shape index (κ2) is 9.44. The largest absolute Gasteiger partial charge is 0.507 e. The van der Waals surface area contributed by atoms with E-state index in [1.54, 1.807) is 0 Å². The summed E-state index contributed by atoms with van der Waals surface area (Å²) in [5, 5.41) is 51.0. The molecule has 0 saturated heterocycles. The van der Waals surface area contributed by atoms with Gasteiger partial charge < -0.3 is 20.4 Å². The van der Waals surface area contributed by atoms with Gasteiger partial charge in [0.1, 0.15) is 11.4 Å². The maximum Gasteiger partial charge on any atom is 0.358 e. The zero-order valence-corrected chi connectivity index (χ0v) is 20.5. The Bertz CT molecular complexity index is 1950. The number of hydrogen-bond acceptors (Lipinski definition) is 11. The molecule has 18 heteroatoms. The van der Waals surface area contributed by atoms with Crippen molar-refractivity contribution in [3.05, 3.63) is 59.8 Å². The van der Waals surface area contributed by atoms with Crippen molar-refractivity contribution in [1.82, 2.24) is 9.78 Å². The molecule has 0 atom stereocenters. The predicted molar refractivity (Wildman–Crippen MR) is 129 cm³/mol. The van der Waals surface area contributed by atoms with Crippen molar-refractivity contribution in [3.63, 3.8) is 0 Å². The molecule has 4 aromatic rings. The number of carbonyl (C=O) groups is 2. The van der Waals surface area contributed by atoms with Crippen LogP contribution in [0.4, 0.5) is 11.4 Å². The van der Waals surface area contributed by atoms with Gasteiger partial charge in [-0.15, -0.1) is 10.2 Å². The van der Waals surface area contributed by atoms with Gasteiger partial charge in [0.25, 0.3) is 20.2 Å². The lowest BCUT2D eigenvalue weighted by Crippen LogP contribution is -2.02. The van der Waals surface area contributed by atoms with Crippen molar-refractivity contribution in [2.24, 2.45) is 10.2 Å². The lowest BCUT2D eigenvalue weighted by atomic mass is 10.1. The van der Waals surface area contributed by atoms with Crippen LogP contribution in [0, 0.1) is 0 Å². The van der Waals surface area contributed by atoms with Gasteiger partial charge >= 0.3 is 11.9 Å². The maximum absolute atomic E-state index is 11.8. The number of carboxylic acid groups (broad SMARTS) is 2. The molecule has 0 spiro atoms. The van der Waals surface area contributed by atoms with E-state index in [2.05, 4.69) is 15.3 Å². The van der Waals surface area contributed by atoms with Crippen molar-refractivity contribution in [2.75, 3.05) is 0 Å². The van der Waals surface area contributed by atoms with E-state index in [0.717, 1.165) is 24.3 Å². The molecule has 0 saturated carbocycles. The first-order valence-corrected chi connectivity index (χ1v) is 13.0. The molecule has 0 amide bonds. The number of rotatable bonds is 7. The molecule has 0 fully saturated rings. The van der Waals surface area contributed by atoms with Gasteiger partial charge in [-0.2, -0.15) is 26.6 Å². The van der Waals surface area contributed by atoms with Crippen LogP contribution in [0.5, 0.6) is 11.6 Å². The highest BCUT2D eigenvalue weighted by Gasteiger charge is 2.25. The molecule has 4 rings (SSSR count). The number of aromatic carboxylic acids is 2. The van der Waals surface area contributed by atoms with Gasteiger partial charge in [-0.05, 0) is 41.8 Å².